The number of carbonyl (C=O) groups is 1. The molecule has 0 aliphatic carbocycles. The molecule has 144 valence electrons. The van der Waals surface area contributed by atoms with Crippen LogP contribution in [-0.2, 0) is 16.0 Å². The van der Waals surface area contributed by atoms with E-state index in [0.717, 1.165) is 47.4 Å². The predicted octanol–water partition coefficient (Wildman–Crippen LogP) is 4.07. The van der Waals surface area contributed by atoms with Crippen molar-refractivity contribution in [3.8, 4) is 5.75 Å². The molecule has 27 heavy (non-hydrogen) atoms. The monoisotopic (exact) mass is 432 g/mol. The summed E-state index contributed by atoms with van der Waals surface area (Å²) in [6.07, 6.45) is 6.52. The Balaban J connectivity index is 1.67. The molecule has 1 N–H and O–H groups in total. The fourth-order valence-corrected chi connectivity index (χ4v) is 3.93. The number of nitrogens with one attached hydrogen (secondary N) is 1. The largest absolute Gasteiger partial charge is 0.496 e. The van der Waals surface area contributed by atoms with Crippen LogP contribution in [-0.4, -0.2) is 31.2 Å². The highest BCUT2D eigenvalue weighted by molar-refractivity contribution is 9.10. The number of amides is 1. The average molecular weight is 433 g/mol. The molecule has 6 heteroatoms. The highest BCUT2D eigenvalue weighted by Crippen LogP contribution is 2.30. The average Bonchev–Trinajstić information content (AvgIpc) is 2.72. The number of carbonyl (C=O) groups excluding carboxylic acids is 1. The lowest BCUT2D eigenvalue weighted by Gasteiger charge is -2.31. The van der Waals surface area contributed by atoms with Gasteiger partial charge in [-0.1, -0.05) is 22.0 Å². The molecule has 5 nitrogen and oxygen atoms in total. The second-order valence-corrected chi connectivity index (χ2v) is 7.65. The van der Waals surface area contributed by atoms with Crippen LogP contribution in [0.1, 0.15) is 36.4 Å². The summed E-state index contributed by atoms with van der Waals surface area (Å²) in [5, 5.41) is 3.24. The van der Waals surface area contributed by atoms with Gasteiger partial charge in [-0.2, -0.15) is 0 Å². The van der Waals surface area contributed by atoms with Crippen molar-refractivity contribution in [1.82, 2.24) is 10.3 Å². The van der Waals surface area contributed by atoms with Crippen molar-refractivity contribution in [2.45, 2.75) is 31.7 Å². The Morgan fingerprint density at radius 3 is 2.89 bits per heavy atom. The number of hydrogen-bond acceptors (Lipinski definition) is 4. The van der Waals surface area contributed by atoms with Gasteiger partial charge in [0.25, 0.3) is 0 Å². The number of aromatic nitrogens is 1. The molecule has 1 aliphatic heterocycles. The number of ether oxygens (including phenoxy) is 2. The normalized spacial score (nSPS) is 15.9. The van der Waals surface area contributed by atoms with E-state index in [9.17, 15) is 4.79 Å². The van der Waals surface area contributed by atoms with Crippen LogP contribution in [0.4, 0.5) is 0 Å². The number of aryl methyl sites for hydroxylation is 1. The van der Waals surface area contributed by atoms with Crippen molar-refractivity contribution in [1.29, 1.82) is 0 Å². The first-order chi connectivity index (χ1) is 13.2. The SMILES string of the molecule is COc1ccc(Br)cc1CCC(=O)N[C@H](c1cccnc1)C1CCOCC1. The Kier molecular flexibility index (Phi) is 7.24. The van der Waals surface area contributed by atoms with E-state index in [4.69, 9.17) is 9.47 Å². The Labute approximate surface area is 168 Å². The predicted molar refractivity (Wildman–Crippen MR) is 108 cm³/mol. The molecule has 2 aromatic rings. The van der Waals surface area contributed by atoms with E-state index in [1.54, 1.807) is 13.3 Å². The molecule has 1 saturated heterocycles. The quantitative estimate of drug-likeness (QED) is 0.715. The molecule has 1 aliphatic rings. The summed E-state index contributed by atoms with van der Waals surface area (Å²) < 4.78 is 11.9. The summed E-state index contributed by atoms with van der Waals surface area (Å²) in [7, 11) is 1.65. The minimum absolute atomic E-state index is 0.0282. The van der Waals surface area contributed by atoms with E-state index in [1.165, 1.54) is 0 Å². The van der Waals surface area contributed by atoms with Crippen LogP contribution in [0.5, 0.6) is 5.75 Å². The van der Waals surface area contributed by atoms with E-state index in [-0.39, 0.29) is 11.9 Å². The first-order valence-electron chi connectivity index (χ1n) is 9.27. The van der Waals surface area contributed by atoms with E-state index in [2.05, 4.69) is 26.2 Å². The first-order valence-corrected chi connectivity index (χ1v) is 10.1. The zero-order valence-electron chi connectivity index (χ0n) is 15.5. The maximum Gasteiger partial charge on any atom is 0.220 e. The molecule has 1 fully saturated rings. The highest BCUT2D eigenvalue weighted by Gasteiger charge is 2.27. The van der Waals surface area contributed by atoms with Crippen molar-refractivity contribution >= 4 is 21.8 Å². The molecule has 0 spiro atoms. The number of nitrogens with zero attached hydrogens (tertiary/aromatic N) is 1. The summed E-state index contributed by atoms with van der Waals surface area (Å²) >= 11 is 3.48. The number of hydrogen-bond donors (Lipinski definition) is 1. The van der Waals surface area contributed by atoms with Crippen molar-refractivity contribution in [2.75, 3.05) is 20.3 Å². The van der Waals surface area contributed by atoms with Crippen LogP contribution in [0.3, 0.4) is 0 Å². The molecule has 0 unspecified atom stereocenters. The van der Waals surface area contributed by atoms with Crippen molar-refractivity contribution in [2.24, 2.45) is 5.92 Å². The number of halogens is 1. The van der Waals surface area contributed by atoms with Gasteiger partial charge in [0.15, 0.2) is 0 Å². The summed E-state index contributed by atoms with van der Waals surface area (Å²) in [4.78, 5) is 16.9. The van der Waals surface area contributed by atoms with Gasteiger partial charge < -0.3 is 14.8 Å². The molecule has 0 radical (unpaired) electrons. The van der Waals surface area contributed by atoms with E-state index in [1.807, 2.05) is 36.5 Å². The van der Waals surface area contributed by atoms with Crippen LogP contribution in [0.25, 0.3) is 0 Å². The number of pyridine rings is 1. The molecule has 1 aromatic heterocycles. The Hall–Kier alpha value is -1.92. The fourth-order valence-electron chi connectivity index (χ4n) is 3.52. The molecular weight excluding hydrogens is 408 g/mol. The van der Waals surface area contributed by atoms with Crippen molar-refractivity contribution in [3.63, 3.8) is 0 Å². The van der Waals surface area contributed by atoms with E-state index < -0.39 is 0 Å². The summed E-state index contributed by atoms with van der Waals surface area (Å²) in [6.45, 7) is 1.49. The molecule has 1 amide bonds. The Morgan fingerprint density at radius 2 is 2.19 bits per heavy atom. The minimum Gasteiger partial charge on any atom is -0.496 e. The highest BCUT2D eigenvalue weighted by atomic mass is 79.9. The molecule has 1 aromatic carbocycles. The Bertz CT molecular complexity index is 748. The maximum atomic E-state index is 12.7. The fraction of sp³-hybridized carbons (Fsp3) is 0.429. The van der Waals surface area contributed by atoms with Gasteiger partial charge in [-0.15, -0.1) is 0 Å². The number of benzene rings is 1. The van der Waals surface area contributed by atoms with Gasteiger partial charge in [0.05, 0.1) is 13.2 Å². The van der Waals surface area contributed by atoms with Gasteiger partial charge in [0.1, 0.15) is 5.75 Å². The molecule has 2 heterocycles. The molecule has 0 saturated carbocycles. The second-order valence-electron chi connectivity index (χ2n) is 6.74. The zero-order chi connectivity index (χ0) is 19.1. The molecule has 1 atom stereocenters. The van der Waals surface area contributed by atoms with Crippen molar-refractivity contribution in [3.05, 3.63) is 58.3 Å². The number of methoxy groups -OCH3 is 1. The zero-order valence-corrected chi connectivity index (χ0v) is 17.1. The minimum atomic E-state index is -0.0282. The standard InChI is InChI=1S/C21H25BrN2O3/c1-26-19-6-5-18(22)13-16(19)4-7-20(25)24-21(15-8-11-27-12-9-15)17-3-2-10-23-14-17/h2-3,5-6,10,13-15,21H,4,7-9,11-12H2,1H3,(H,24,25)/t21-/m0/s1. The van der Waals surface area contributed by atoms with Crippen LogP contribution in [0, 0.1) is 5.92 Å². The van der Waals surface area contributed by atoms with Gasteiger partial charge in [-0.3, -0.25) is 9.78 Å². The van der Waals surface area contributed by atoms with Gasteiger partial charge >= 0.3 is 0 Å². The summed E-state index contributed by atoms with van der Waals surface area (Å²) in [5.41, 5.74) is 2.07. The van der Waals surface area contributed by atoms with E-state index >= 15 is 0 Å². The van der Waals surface area contributed by atoms with Gasteiger partial charge in [0, 0.05) is 36.5 Å². The first kappa shape index (κ1) is 19.8. The molecular formula is C21H25BrN2O3. The van der Waals surface area contributed by atoms with Gasteiger partial charge in [-0.25, -0.2) is 0 Å². The third-order valence-corrected chi connectivity index (χ3v) is 5.45. The van der Waals surface area contributed by atoms with Crippen LogP contribution >= 0.6 is 15.9 Å². The summed E-state index contributed by atoms with van der Waals surface area (Å²) in [5.74, 6) is 1.21. The lowest BCUT2D eigenvalue weighted by Crippen LogP contribution is -2.36. The molecule has 3 rings (SSSR count). The molecule has 0 bridgehead atoms. The van der Waals surface area contributed by atoms with Crippen molar-refractivity contribution < 1.29 is 14.3 Å². The van der Waals surface area contributed by atoms with Gasteiger partial charge in [0.2, 0.25) is 5.91 Å². The smallest absolute Gasteiger partial charge is 0.220 e. The number of rotatable bonds is 7. The lowest BCUT2D eigenvalue weighted by atomic mass is 9.87. The second kappa shape index (κ2) is 9.85. The maximum absolute atomic E-state index is 12.7. The van der Waals surface area contributed by atoms with Crippen LogP contribution < -0.4 is 10.1 Å². The topological polar surface area (TPSA) is 60.5 Å². The van der Waals surface area contributed by atoms with Crippen LogP contribution in [0.15, 0.2) is 47.2 Å². The summed E-state index contributed by atoms with van der Waals surface area (Å²) in [6, 6.07) is 9.78. The third kappa shape index (κ3) is 5.53. The van der Waals surface area contributed by atoms with E-state index in [0.29, 0.717) is 18.8 Å². The van der Waals surface area contributed by atoms with Crippen LogP contribution in [0.2, 0.25) is 0 Å². The third-order valence-electron chi connectivity index (χ3n) is 4.96. The Morgan fingerprint density at radius 1 is 1.37 bits per heavy atom. The van der Waals surface area contributed by atoms with Gasteiger partial charge in [-0.05, 0) is 60.6 Å². The lowest BCUT2D eigenvalue weighted by molar-refractivity contribution is -0.122.